The summed E-state index contributed by atoms with van der Waals surface area (Å²) in [5.74, 6) is 0.0234. The number of carboxylic acids is 1. The van der Waals surface area contributed by atoms with Crippen LogP contribution in [0.3, 0.4) is 0 Å². The molecule has 0 aliphatic carbocycles. The molecule has 0 fully saturated rings. The molecule has 0 aliphatic heterocycles. The number of hydrogen-bond acceptors (Lipinski definition) is 4. The van der Waals surface area contributed by atoms with Gasteiger partial charge in [-0.05, 0) is 45.6 Å². The van der Waals surface area contributed by atoms with Crippen molar-refractivity contribution in [3.63, 3.8) is 0 Å². The van der Waals surface area contributed by atoms with Gasteiger partial charge in [-0.2, -0.15) is 11.8 Å². The van der Waals surface area contributed by atoms with Crippen LogP contribution in [-0.2, 0) is 9.53 Å². The molecule has 106 valence electrons. The number of aliphatic carboxylic acids is 1. The summed E-state index contributed by atoms with van der Waals surface area (Å²) in [4.78, 5) is 22.1. The topological polar surface area (TPSA) is 75.6 Å². The normalized spacial score (nSPS) is 12.9. The van der Waals surface area contributed by atoms with E-state index in [1.807, 2.05) is 6.26 Å². The number of amides is 1. The molecule has 0 radical (unpaired) electrons. The number of carbonyl (C=O) groups is 2. The Balaban J connectivity index is 4.20. The van der Waals surface area contributed by atoms with Crippen LogP contribution in [0.25, 0.3) is 0 Å². The van der Waals surface area contributed by atoms with Crippen molar-refractivity contribution in [2.75, 3.05) is 12.0 Å². The van der Waals surface area contributed by atoms with Crippen molar-refractivity contribution in [3.8, 4) is 0 Å². The molecular weight excluding hydrogens is 254 g/mol. The fraction of sp³-hybridized carbons (Fsp3) is 0.833. The lowest BCUT2D eigenvalue weighted by Gasteiger charge is -2.23. The SMILES string of the molecule is CSCCC(CCC(=O)O)NC(=O)OC(C)(C)C. The van der Waals surface area contributed by atoms with Crippen molar-refractivity contribution in [1.29, 1.82) is 0 Å². The molecule has 0 heterocycles. The first-order valence-corrected chi connectivity index (χ1v) is 7.34. The lowest BCUT2D eigenvalue weighted by atomic mass is 10.1. The highest BCUT2D eigenvalue weighted by Gasteiger charge is 2.19. The summed E-state index contributed by atoms with van der Waals surface area (Å²) >= 11 is 1.66. The van der Waals surface area contributed by atoms with Gasteiger partial charge >= 0.3 is 12.1 Å². The van der Waals surface area contributed by atoms with Crippen LogP contribution in [0.15, 0.2) is 0 Å². The zero-order chi connectivity index (χ0) is 14.2. The molecule has 0 rings (SSSR count). The van der Waals surface area contributed by atoms with E-state index >= 15 is 0 Å². The highest BCUT2D eigenvalue weighted by atomic mass is 32.2. The third-order valence-electron chi connectivity index (χ3n) is 2.10. The number of alkyl carbamates (subject to hydrolysis) is 1. The molecule has 0 spiro atoms. The Morgan fingerprint density at radius 1 is 1.33 bits per heavy atom. The molecular formula is C12H23NO4S. The van der Waals surface area contributed by atoms with Crippen molar-refractivity contribution in [3.05, 3.63) is 0 Å². The van der Waals surface area contributed by atoms with Gasteiger partial charge in [-0.3, -0.25) is 4.79 Å². The summed E-state index contributed by atoms with van der Waals surface area (Å²) in [6.07, 6.45) is 2.71. The number of carboxylic acid groups (broad SMARTS) is 1. The number of thioether (sulfide) groups is 1. The van der Waals surface area contributed by atoms with Gasteiger partial charge in [0, 0.05) is 12.5 Å². The zero-order valence-corrected chi connectivity index (χ0v) is 12.3. The minimum absolute atomic E-state index is 0.0504. The number of hydrogen-bond donors (Lipinski definition) is 2. The summed E-state index contributed by atoms with van der Waals surface area (Å²) in [5, 5.41) is 11.4. The Labute approximate surface area is 113 Å². The van der Waals surface area contributed by atoms with Crippen molar-refractivity contribution in [2.24, 2.45) is 0 Å². The number of ether oxygens (including phenoxy) is 1. The lowest BCUT2D eigenvalue weighted by Crippen LogP contribution is -2.39. The highest BCUT2D eigenvalue weighted by Crippen LogP contribution is 2.10. The molecule has 18 heavy (non-hydrogen) atoms. The summed E-state index contributed by atoms with van der Waals surface area (Å²) in [6.45, 7) is 5.38. The minimum Gasteiger partial charge on any atom is -0.481 e. The Kier molecular flexibility index (Phi) is 7.82. The molecule has 0 aromatic carbocycles. The fourth-order valence-electron chi connectivity index (χ4n) is 1.32. The predicted molar refractivity (Wildman–Crippen MR) is 73.0 cm³/mol. The summed E-state index contributed by atoms with van der Waals surface area (Å²) < 4.78 is 5.15. The van der Waals surface area contributed by atoms with Gasteiger partial charge < -0.3 is 15.2 Å². The van der Waals surface area contributed by atoms with E-state index in [1.165, 1.54) is 0 Å². The summed E-state index contributed by atoms with van der Waals surface area (Å²) in [5.41, 5.74) is -0.541. The van der Waals surface area contributed by atoms with Crippen LogP contribution in [0.4, 0.5) is 4.79 Å². The van der Waals surface area contributed by atoms with Crippen molar-refractivity contribution in [1.82, 2.24) is 5.32 Å². The molecule has 1 atom stereocenters. The molecule has 0 bridgehead atoms. The molecule has 1 unspecified atom stereocenters. The van der Waals surface area contributed by atoms with Crippen molar-refractivity contribution < 1.29 is 19.4 Å². The van der Waals surface area contributed by atoms with Gasteiger partial charge in [-0.25, -0.2) is 4.79 Å². The van der Waals surface area contributed by atoms with Gasteiger partial charge in [0.2, 0.25) is 0 Å². The molecule has 1 amide bonds. The Bertz CT molecular complexity index is 276. The van der Waals surface area contributed by atoms with Crippen LogP contribution < -0.4 is 5.32 Å². The number of carbonyl (C=O) groups excluding carboxylic acids is 1. The number of rotatable bonds is 7. The smallest absolute Gasteiger partial charge is 0.407 e. The zero-order valence-electron chi connectivity index (χ0n) is 11.5. The molecule has 5 nitrogen and oxygen atoms in total. The van der Waals surface area contributed by atoms with E-state index in [0.29, 0.717) is 6.42 Å². The van der Waals surface area contributed by atoms with Crippen LogP contribution in [0.5, 0.6) is 0 Å². The second-order valence-electron chi connectivity index (χ2n) is 5.06. The van der Waals surface area contributed by atoms with Crippen LogP contribution in [0, 0.1) is 0 Å². The van der Waals surface area contributed by atoms with E-state index in [2.05, 4.69) is 5.32 Å². The van der Waals surface area contributed by atoms with E-state index < -0.39 is 17.7 Å². The Hall–Kier alpha value is -0.910. The largest absolute Gasteiger partial charge is 0.481 e. The molecule has 2 N–H and O–H groups in total. The van der Waals surface area contributed by atoms with E-state index in [-0.39, 0.29) is 12.5 Å². The first-order valence-electron chi connectivity index (χ1n) is 5.95. The van der Waals surface area contributed by atoms with Crippen molar-refractivity contribution >= 4 is 23.8 Å². The molecule has 6 heteroatoms. The number of nitrogens with one attached hydrogen (secondary N) is 1. The average molecular weight is 277 g/mol. The van der Waals surface area contributed by atoms with Gasteiger partial charge in [0.1, 0.15) is 5.60 Å². The van der Waals surface area contributed by atoms with Crippen LogP contribution in [0.1, 0.15) is 40.0 Å². The maximum atomic E-state index is 11.6. The van der Waals surface area contributed by atoms with Gasteiger partial charge in [0.05, 0.1) is 0 Å². The molecule has 0 aromatic heterocycles. The lowest BCUT2D eigenvalue weighted by molar-refractivity contribution is -0.137. The maximum absolute atomic E-state index is 11.6. The third kappa shape index (κ3) is 10.3. The van der Waals surface area contributed by atoms with E-state index in [1.54, 1.807) is 32.5 Å². The second kappa shape index (κ2) is 8.24. The van der Waals surface area contributed by atoms with Gasteiger partial charge in [-0.15, -0.1) is 0 Å². The molecule has 0 aromatic rings. The van der Waals surface area contributed by atoms with Gasteiger partial charge in [0.15, 0.2) is 0 Å². The standard InChI is InChI=1S/C12H23NO4S/c1-12(2,3)17-11(16)13-9(7-8-18-4)5-6-10(14)15/h9H,5-8H2,1-4H3,(H,13,16)(H,14,15). The average Bonchev–Trinajstić information content (AvgIpc) is 2.19. The van der Waals surface area contributed by atoms with Crippen LogP contribution in [-0.4, -0.2) is 40.8 Å². The van der Waals surface area contributed by atoms with Crippen LogP contribution >= 0.6 is 11.8 Å². The first-order chi connectivity index (χ1) is 8.24. The quantitative estimate of drug-likeness (QED) is 0.747. The second-order valence-corrected chi connectivity index (χ2v) is 6.04. The molecule has 0 saturated carbocycles. The maximum Gasteiger partial charge on any atom is 0.407 e. The Morgan fingerprint density at radius 2 is 1.94 bits per heavy atom. The Morgan fingerprint density at radius 3 is 2.39 bits per heavy atom. The minimum atomic E-state index is -0.852. The van der Waals surface area contributed by atoms with Crippen molar-refractivity contribution in [2.45, 2.75) is 51.7 Å². The highest BCUT2D eigenvalue weighted by molar-refractivity contribution is 7.98. The predicted octanol–water partition coefficient (Wildman–Crippen LogP) is 2.50. The molecule has 0 aliphatic rings. The van der Waals surface area contributed by atoms with Gasteiger partial charge in [-0.1, -0.05) is 0 Å². The first kappa shape index (κ1) is 17.1. The van der Waals surface area contributed by atoms with Gasteiger partial charge in [0.25, 0.3) is 0 Å². The van der Waals surface area contributed by atoms with E-state index in [4.69, 9.17) is 9.84 Å². The van der Waals surface area contributed by atoms with E-state index in [9.17, 15) is 9.59 Å². The monoisotopic (exact) mass is 277 g/mol. The summed E-state index contributed by atoms with van der Waals surface area (Å²) in [7, 11) is 0. The van der Waals surface area contributed by atoms with E-state index in [0.717, 1.165) is 12.2 Å². The molecule has 0 saturated heterocycles. The fourth-order valence-corrected chi connectivity index (χ4v) is 1.84. The van der Waals surface area contributed by atoms with Crippen LogP contribution in [0.2, 0.25) is 0 Å². The third-order valence-corrected chi connectivity index (χ3v) is 2.74. The summed E-state index contributed by atoms with van der Waals surface area (Å²) in [6, 6.07) is -0.150.